The smallest absolute Gasteiger partial charge is 0.260 e. The number of hydrogen-bond donors (Lipinski definition) is 0. The maximum absolute atomic E-state index is 13.3. The SMILES string of the molecule is COc1ccc2sc(N(CCCN3CCOCC3)C(=O)c3ccccc3)nc2c1.Cl. The number of carbonyl (C=O) groups is 1. The van der Waals surface area contributed by atoms with E-state index in [1.165, 1.54) is 11.3 Å². The first-order valence-corrected chi connectivity index (χ1v) is 10.7. The molecule has 160 valence electrons. The van der Waals surface area contributed by atoms with Gasteiger partial charge < -0.3 is 9.47 Å². The molecule has 0 aliphatic carbocycles. The zero-order chi connectivity index (χ0) is 20.1. The maximum atomic E-state index is 13.3. The molecule has 30 heavy (non-hydrogen) atoms. The van der Waals surface area contributed by atoms with Crippen LogP contribution >= 0.6 is 23.7 Å². The third kappa shape index (κ3) is 5.29. The monoisotopic (exact) mass is 447 g/mol. The summed E-state index contributed by atoms with van der Waals surface area (Å²) in [7, 11) is 1.64. The molecule has 1 amide bonds. The maximum Gasteiger partial charge on any atom is 0.260 e. The number of ether oxygens (including phenoxy) is 2. The van der Waals surface area contributed by atoms with Crippen LogP contribution in [0.15, 0.2) is 48.5 Å². The Bertz CT molecular complexity index is 961. The number of anilines is 1. The summed E-state index contributed by atoms with van der Waals surface area (Å²) in [4.78, 5) is 22.2. The Morgan fingerprint density at radius 3 is 2.70 bits per heavy atom. The lowest BCUT2D eigenvalue weighted by molar-refractivity contribution is 0.0376. The molecule has 2 aromatic carbocycles. The first-order chi connectivity index (χ1) is 14.2. The van der Waals surface area contributed by atoms with Crippen molar-refractivity contribution in [3.05, 3.63) is 54.1 Å². The number of benzene rings is 2. The molecule has 0 N–H and O–H groups in total. The predicted molar refractivity (Wildman–Crippen MR) is 123 cm³/mol. The average molecular weight is 448 g/mol. The molecule has 1 aliphatic heterocycles. The summed E-state index contributed by atoms with van der Waals surface area (Å²) in [5, 5.41) is 0.726. The van der Waals surface area contributed by atoms with E-state index in [1.807, 2.05) is 53.4 Å². The van der Waals surface area contributed by atoms with E-state index in [0.29, 0.717) is 12.1 Å². The van der Waals surface area contributed by atoms with E-state index in [4.69, 9.17) is 14.5 Å². The fourth-order valence-electron chi connectivity index (χ4n) is 3.44. The molecule has 0 bridgehead atoms. The summed E-state index contributed by atoms with van der Waals surface area (Å²) in [6, 6.07) is 15.2. The van der Waals surface area contributed by atoms with Gasteiger partial charge in [-0.15, -0.1) is 12.4 Å². The lowest BCUT2D eigenvalue weighted by Gasteiger charge is -2.27. The Kier molecular flexibility index (Phi) is 8.04. The van der Waals surface area contributed by atoms with Crippen LogP contribution in [0.3, 0.4) is 0 Å². The lowest BCUT2D eigenvalue weighted by Crippen LogP contribution is -2.39. The van der Waals surface area contributed by atoms with Crippen molar-refractivity contribution < 1.29 is 14.3 Å². The van der Waals surface area contributed by atoms with E-state index in [1.54, 1.807) is 7.11 Å². The molecule has 0 radical (unpaired) electrons. The number of nitrogens with zero attached hydrogens (tertiary/aromatic N) is 3. The molecule has 0 saturated carbocycles. The average Bonchev–Trinajstić information content (AvgIpc) is 3.20. The molecule has 4 rings (SSSR count). The fraction of sp³-hybridized carbons (Fsp3) is 0.364. The zero-order valence-electron chi connectivity index (χ0n) is 17.0. The largest absolute Gasteiger partial charge is 0.497 e. The van der Waals surface area contributed by atoms with E-state index in [-0.39, 0.29) is 18.3 Å². The van der Waals surface area contributed by atoms with Crippen LogP contribution in [0.25, 0.3) is 10.2 Å². The molecular formula is C22H26ClN3O3S. The Morgan fingerprint density at radius 1 is 1.20 bits per heavy atom. The second kappa shape index (κ2) is 10.7. The lowest BCUT2D eigenvalue weighted by atomic mass is 10.2. The van der Waals surface area contributed by atoms with Gasteiger partial charge in [-0.3, -0.25) is 14.6 Å². The van der Waals surface area contributed by atoms with Crippen LogP contribution in [0.1, 0.15) is 16.8 Å². The van der Waals surface area contributed by atoms with Crippen LogP contribution in [0.2, 0.25) is 0 Å². The van der Waals surface area contributed by atoms with E-state index in [2.05, 4.69) is 4.90 Å². The summed E-state index contributed by atoms with van der Waals surface area (Å²) in [5.74, 6) is 0.751. The first kappa shape index (κ1) is 22.5. The minimum Gasteiger partial charge on any atom is -0.497 e. The Balaban J connectivity index is 0.00000256. The fourth-order valence-corrected chi connectivity index (χ4v) is 4.41. The van der Waals surface area contributed by atoms with E-state index in [0.717, 1.165) is 60.4 Å². The molecule has 0 unspecified atom stereocenters. The number of amides is 1. The van der Waals surface area contributed by atoms with Crippen LogP contribution < -0.4 is 9.64 Å². The molecule has 0 atom stereocenters. The van der Waals surface area contributed by atoms with Crippen molar-refractivity contribution in [2.24, 2.45) is 0 Å². The molecule has 1 aromatic heterocycles. The Morgan fingerprint density at radius 2 is 1.97 bits per heavy atom. The Labute approximate surface area is 186 Å². The van der Waals surface area contributed by atoms with Gasteiger partial charge in [-0.2, -0.15) is 0 Å². The molecule has 1 aliphatic rings. The second-order valence-electron chi connectivity index (χ2n) is 6.96. The van der Waals surface area contributed by atoms with Crippen molar-refractivity contribution in [3.63, 3.8) is 0 Å². The second-order valence-corrected chi connectivity index (χ2v) is 7.97. The van der Waals surface area contributed by atoms with Crippen LogP contribution in [0, 0.1) is 0 Å². The molecule has 3 aromatic rings. The van der Waals surface area contributed by atoms with Crippen molar-refractivity contribution in [2.75, 3.05) is 51.4 Å². The molecule has 2 heterocycles. The minimum atomic E-state index is -0.0152. The number of methoxy groups -OCH3 is 1. The number of halogens is 1. The first-order valence-electron chi connectivity index (χ1n) is 9.86. The van der Waals surface area contributed by atoms with E-state index in [9.17, 15) is 4.79 Å². The third-order valence-corrected chi connectivity index (χ3v) is 6.10. The van der Waals surface area contributed by atoms with Gasteiger partial charge in [-0.25, -0.2) is 4.98 Å². The summed E-state index contributed by atoms with van der Waals surface area (Å²) in [5.41, 5.74) is 1.53. The number of fused-ring (bicyclic) bond motifs is 1. The molecule has 6 nitrogen and oxygen atoms in total. The summed E-state index contributed by atoms with van der Waals surface area (Å²) in [6.07, 6.45) is 0.887. The highest BCUT2D eigenvalue weighted by Gasteiger charge is 2.22. The summed E-state index contributed by atoms with van der Waals surface area (Å²) >= 11 is 1.54. The van der Waals surface area contributed by atoms with Gasteiger partial charge in [-0.05, 0) is 30.7 Å². The van der Waals surface area contributed by atoms with Crippen LogP contribution in [0.4, 0.5) is 5.13 Å². The van der Waals surface area contributed by atoms with Gasteiger partial charge in [0, 0.05) is 37.8 Å². The van der Waals surface area contributed by atoms with Crippen LogP contribution in [-0.4, -0.2) is 62.3 Å². The zero-order valence-corrected chi connectivity index (χ0v) is 18.6. The van der Waals surface area contributed by atoms with Crippen molar-refractivity contribution in [2.45, 2.75) is 6.42 Å². The van der Waals surface area contributed by atoms with E-state index >= 15 is 0 Å². The summed E-state index contributed by atoms with van der Waals surface area (Å²) in [6.45, 7) is 5.04. The number of rotatable bonds is 7. The molecule has 0 spiro atoms. The minimum absolute atomic E-state index is 0. The van der Waals surface area contributed by atoms with Gasteiger partial charge in [0.1, 0.15) is 5.75 Å². The van der Waals surface area contributed by atoms with Crippen molar-refractivity contribution in [1.29, 1.82) is 0 Å². The van der Waals surface area contributed by atoms with Gasteiger partial charge in [0.25, 0.3) is 5.91 Å². The predicted octanol–water partition coefficient (Wildman–Crippen LogP) is 4.10. The van der Waals surface area contributed by atoms with Crippen molar-refractivity contribution >= 4 is 45.0 Å². The number of hydrogen-bond acceptors (Lipinski definition) is 6. The van der Waals surface area contributed by atoms with Crippen molar-refractivity contribution in [3.8, 4) is 5.75 Å². The molecular weight excluding hydrogens is 422 g/mol. The summed E-state index contributed by atoms with van der Waals surface area (Å²) < 4.78 is 11.8. The van der Waals surface area contributed by atoms with Crippen molar-refractivity contribution in [1.82, 2.24) is 9.88 Å². The number of morpholine rings is 1. The van der Waals surface area contributed by atoms with Gasteiger partial charge >= 0.3 is 0 Å². The van der Waals surface area contributed by atoms with Gasteiger partial charge in [-0.1, -0.05) is 29.5 Å². The quantitative estimate of drug-likeness (QED) is 0.546. The molecule has 8 heteroatoms. The van der Waals surface area contributed by atoms with Crippen LogP contribution in [0.5, 0.6) is 5.75 Å². The van der Waals surface area contributed by atoms with Crippen LogP contribution in [-0.2, 0) is 4.74 Å². The molecule has 1 saturated heterocycles. The van der Waals surface area contributed by atoms with E-state index < -0.39 is 0 Å². The number of thiazole rings is 1. The highest BCUT2D eigenvalue weighted by Crippen LogP contribution is 2.32. The normalized spacial score (nSPS) is 14.3. The molecule has 1 fully saturated rings. The highest BCUT2D eigenvalue weighted by atomic mass is 35.5. The highest BCUT2D eigenvalue weighted by molar-refractivity contribution is 7.22. The Hall–Kier alpha value is -2.19. The van der Waals surface area contributed by atoms with Gasteiger partial charge in [0.05, 0.1) is 30.5 Å². The topological polar surface area (TPSA) is 54.9 Å². The van der Waals surface area contributed by atoms with Gasteiger partial charge in [0.2, 0.25) is 0 Å². The van der Waals surface area contributed by atoms with Gasteiger partial charge in [0.15, 0.2) is 5.13 Å². The number of aromatic nitrogens is 1. The third-order valence-electron chi connectivity index (χ3n) is 5.04. The number of carbonyl (C=O) groups excluding carboxylic acids is 1. The standard InChI is InChI=1S/C22H25N3O3S.ClH/c1-27-18-8-9-20-19(16-18)23-22(29-20)25(21(26)17-6-3-2-4-7-17)11-5-10-24-12-14-28-15-13-24;/h2-4,6-9,16H,5,10-15H2,1H3;1H.